The zero-order valence-corrected chi connectivity index (χ0v) is 10.9. The Morgan fingerprint density at radius 1 is 1.40 bits per heavy atom. The smallest absolute Gasteiger partial charge is 0.334 e. The molecule has 1 heterocycles. The second-order valence-electron chi connectivity index (χ2n) is 4.29. The van der Waals surface area contributed by atoms with Crippen molar-refractivity contribution < 1.29 is 13.2 Å². The van der Waals surface area contributed by atoms with E-state index in [0.29, 0.717) is 17.9 Å². The van der Waals surface area contributed by atoms with Crippen LogP contribution in [0.2, 0.25) is 0 Å². The van der Waals surface area contributed by atoms with Crippen molar-refractivity contribution in [3.8, 4) is 0 Å². The largest absolute Gasteiger partial charge is 0.416 e. The molecule has 0 aliphatic rings. The number of imidazole rings is 1. The summed E-state index contributed by atoms with van der Waals surface area (Å²) in [5.74, 6) is 6.07. The molecule has 0 spiro atoms. The minimum absolute atomic E-state index is 0.420. The summed E-state index contributed by atoms with van der Waals surface area (Å²) in [5, 5.41) is 0. The van der Waals surface area contributed by atoms with Gasteiger partial charge in [0.2, 0.25) is 0 Å². The Labute approximate surface area is 114 Å². The van der Waals surface area contributed by atoms with Gasteiger partial charge < -0.3 is 4.57 Å². The summed E-state index contributed by atoms with van der Waals surface area (Å²) in [6, 6.07) is 4.48. The van der Waals surface area contributed by atoms with E-state index in [9.17, 15) is 13.2 Å². The van der Waals surface area contributed by atoms with Gasteiger partial charge in [-0.3, -0.25) is 5.84 Å². The molecule has 0 amide bonds. The normalized spacial score (nSPS) is 13.4. The molecule has 0 saturated carbocycles. The maximum absolute atomic E-state index is 12.8. The van der Waals surface area contributed by atoms with Gasteiger partial charge in [0.25, 0.3) is 0 Å². The number of rotatable bonds is 4. The highest BCUT2D eigenvalue weighted by molar-refractivity contribution is 5.31. The van der Waals surface area contributed by atoms with Gasteiger partial charge in [0.1, 0.15) is 11.9 Å². The average Bonchev–Trinajstić information content (AvgIpc) is 2.87. The maximum atomic E-state index is 12.8. The second kappa shape index (κ2) is 5.64. The van der Waals surface area contributed by atoms with Crippen molar-refractivity contribution in [1.82, 2.24) is 15.0 Å². The molecule has 0 saturated heterocycles. The van der Waals surface area contributed by atoms with Crippen LogP contribution >= 0.6 is 0 Å². The molecule has 7 heteroatoms. The molecule has 0 aliphatic heterocycles. The Morgan fingerprint density at radius 2 is 2.15 bits per heavy atom. The number of aryl methyl sites for hydroxylation is 1. The molecule has 3 N–H and O–H groups in total. The first-order valence-corrected chi connectivity index (χ1v) is 6.11. The second-order valence-corrected chi connectivity index (χ2v) is 4.29. The number of alkyl halides is 3. The molecule has 4 nitrogen and oxygen atoms in total. The summed E-state index contributed by atoms with van der Waals surface area (Å²) < 4.78 is 40.1. The van der Waals surface area contributed by atoms with Gasteiger partial charge >= 0.3 is 6.18 Å². The summed E-state index contributed by atoms with van der Waals surface area (Å²) in [7, 11) is 0. The fraction of sp³-hybridized carbons (Fsp3) is 0.308. The van der Waals surface area contributed by atoms with Crippen LogP contribution in [-0.2, 0) is 12.7 Å². The highest BCUT2D eigenvalue weighted by atomic mass is 19.4. The molecular weight excluding hydrogens is 269 g/mol. The van der Waals surface area contributed by atoms with Crippen LogP contribution in [0.1, 0.15) is 29.9 Å². The Morgan fingerprint density at radius 3 is 2.75 bits per heavy atom. The SMILES string of the molecule is CCn1ccnc1C(NN)c1cccc(C(F)(F)F)c1. The molecule has 1 unspecified atom stereocenters. The fourth-order valence-corrected chi connectivity index (χ4v) is 2.06. The fourth-order valence-electron chi connectivity index (χ4n) is 2.06. The van der Waals surface area contributed by atoms with Gasteiger partial charge in [-0.05, 0) is 24.6 Å². The van der Waals surface area contributed by atoms with Gasteiger partial charge in [0.15, 0.2) is 0 Å². The van der Waals surface area contributed by atoms with Crippen molar-refractivity contribution in [2.45, 2.75) is 25.7 Å². The number of nitrogens with zero attached hydrogens (tertiary/aromatic N) is 2. The third kappa shape index (κ3) is 2.83. The van der Waals surface area contributed by atoms with E-state index in [1.54, 1.807) is 18.5 Å². The lowest BCUT2D eigenvalue weighted by molar-refractivity contribution is -0.137. The number of nitrogens with one attached hydrogen (secondary N) is 1. The van der Waals surface area contributed by atoms with Gasteiger partial charge in [0, 0.05) is 18.9 Å². The Hall–Kier alpha value is -1.86. The van der Waals surface area contributed by atoms with E-state index in [-0.39, 0.29) is 0 Å². The van der Waals surface area contributed by atoms with E-state index < -0.39 is 17.8 Å². The first kappa shape index (κ1) is 14.5. The number of hydrogen-bond acceptors (Lipinski definition) is 3. The molecule has 1 aromatic heterocycles. The van der Waals surface area contributed by atoms with Gasteiger partial charge in [-0.1, -0.05) is 12.1 Å². The van der Waals surface area contributed by atoms with E-state index in [2.05, 4.69) is 10.4 Å². The van der Waals surface area contributed by atoms with E-state index in [1.165, 1.54) is 6.07 Å². The van der Waals surface area contributed by atoms with Crippen molar-refractivity contribution in [2.24, 2.45) is 5.84 Å². The van der Waals surface area contributed by atoms with Crippen LogP contribution in [0.4, 0.5) is 13.2 Å². The van der Waals surface area contributed by atoms with Crippen LogP contribution in [-0.4, -0.2) is 9.55 Å². The highest BCUT2D eigenvalue weighted by Gasteiger charge is 2.31. The van der Waals surface area contributed by atoms with Crippen LogP contribution in [0.3, 0.4) is 0 Å². The zero-order chi connectivity index (χ0) is 14.8. The predicted molar refractivity (Wildman–Crippen MR) is 68.5 cm³/mol. The third-order valence-electron chi connectivity index (χ3n) is 3.06. The number of hydrazine groups is 1. The minimum Gasteiger partial charge on any atom is -0.334 e. The molecule has 0 fully saturated rings. The lowest BCUT2D eigenvalue weighted by Gasteiger charge is -2.18. The number of benzene rings is 1. The summed E-state index contributed by atoms with van der Waals surface area (Å²) in [4.78, 5) is 4.17. The number of aromatic nitrogens is 2. The summed E-state index contributed by atoms with van der Waals surface area (Å²) in [6.07, 6.45) is -1.03. The van der Waals surface area contributed by atoms with Crippen molar-refractivity contribution in [3.05, 3.63) is 53.6 Å². The molecule has 20 heavy (non-hydrogen) atoms. The van der Waals surface area contributed by atoms with Crippen LogP contribution in [0.5, 0.6) is 0 Å². The van der Waals surface area contributed by atoms with Crippen LogP contribution in [0.25, 0.3) is 0 Å². The maximum Gasteiger partial charge on any atom is 0.416 e. The van der Waals surface area contributed by atoms with Crippen molar-refractivity contribution in [1.29, 1.82) is 0 Å². The topological polar surface area (TPSA) is 55.9 Å². The molecule has 2 aromatic rings. The molecule has 1 atom stereocenters. The predicted octanol–water partition coefficient (Wildman–Crippen LogP) is 2.47. The van der Waals surface area contributed by atoms with E-state index in [0.717, 1.165) is 12.1 Å². The molecule has 0 radical (unpaired) electrons. The van der Waals surface area contributed by atoms with Gasteiger partial charge in [0.05, 0.1) is 5.56 Å². The first-order valence-electron chi connectivity index (χ1n) is 6.11. The van der Waals surface area contributed by atoms with E-state index in [4.69, 9.17) is 5.84 Å². The lowest BCUT2D eigenvalue weighted by Crippen LogP contribution is -2.31. The monoisotopic (exact) mass is 284 g/mol. The summed E-state index contributed by atoms with van der Waals surface area (Å²) >= 11 is 0. The van der Waals surface area contributed by atoms with E-state index in [1.807, 2.05) is 11.5 Å². The Balaban J connectivity index is 2.43. The number of hydrogen-bond donors (Lipinski definition) is 2. The van der Waals surface area contributed by atoms with Crippen LogP contribution < -0.4 is 11.3 Å². The molecule has 0 aliphatic carbocycles. The number of halogens is 3. The summed E-state index contributed by atoms with van der Waals surface area (Å²) in [5.41, 5.74) is 2.24. The molecular formula is C13H15F3N4. The Kier molecular flexibility index (Phi) is 4.10. The lowest BCUT2D eigenvalue weighted by atomic mass is 10.0. The van der Waals surface area contributed by atoms with Gasteiger partial charge in [-0.15, -0.1) is 0 Å². The van der Waals surface area contributed by atoms with E-state index >= 15 is 0 Å². The minimum atomic E-state index is -4.38. The first-order chi connectivity index (χ1) is 9.47. The average molecular weight is 284 g/mol. The summed E-state index contributed by atoms with van der Waals surface area (Å²) in [6.45, 7) is 2.58. The number of nitrogens with two attached hydrogens (primary N) is 1. The molecule has 2 rings (SSSR count). The Bertz CT molecular complexity index is 577. The zero-order valence-electron chi connectivity index (χ0n) is 10.9. The quantitative estimate of drug-likeness (QED) is 0.670. The van der Waals surface area contributed by atoms with Crippen molar-refractivity contribution in [3.63, 3.8) is 0 Å². The molecule has 108 valence electrons. The standard InChI is InChI=1S/C13H15F3N4/c1-2-20-7-6-18-12(20)11(19-17)9-4-3-5-10(8-9)13(14,15)16/h3-8,11,19H,2,17H2,1H3. The highest BCUT2D eigenvalue weighted by Crippen LogP contribution is 2.31. The van der Waals surface area contributed by atoms with Crippen LogP contribution in [0, 0.1) is 0 Å². The van der Waals surface area contributed by atoms with Crippen molar-refractivity contribution in [2.75, 3.05) is 0 Å². The third-order valence-corrected chi connectivity index (χ3v) is 3.06. The molecule has 1 aromatic carbocycles. The van der Waals surface area contributed by atoms with Gasteiger partial charge in [-0.25, -0.2) is 10.4 Å². The van der Waals surface area contributed by atoms with Crippen molar-refractivity contribution >= 4 is 0 Å². The van der Waals surface area contributed by atoms with Crippen LogP contribution in [0.15, 0.2) is 36.7 Å². The van der Waals surface area contributed by atoms with Gasteiger partial charge in [-0.2, -0.15) is 13.2 Å². The molecule has 0 bridgehead atoms.